The van der Waals surface area contributed by atoms with Crippen molar-refractivity contribution >= 4 is 10.0 Å². The van der Waals surface area contributed by atoms with E-state index in [0.29, 0.717) is 18.0 Å². The van der Waals surface area contributed by atoms with Crippen molar-refractivity contribution in [3.05, 3.63) is 64.0 Å². The maximum atomic E-state index is 13.4. The van der Waals surface area contributed by atoms with Crippen LogP contribution in [0.25, 0.3) is 0 Å². The second-order valence-electron chi connectivity index (χ2n) is 6.86. The molecule has 1 saturated heterocycles. The van der Waals surface area contributed by atoms with Gasteiger partial charge in [0, 0.05) is 13.1 Å². The van der Waals surface area contributed by atoms with Crippen LogP contribution in [0.3, 0.4) is 0 Å². The lowest BCUT2D eigenvalue weighted by Gasteiger charge is -2.33. The summed E-state index contributed by atoms with van der Waals surface area (Å²) >= 11 is 0. The van der Waals surface area contributed by atoms with E-state index >= 15 is 0 Å². The van der Waals surface area contributed by atoms with Crippen LogP contribution >= 0.6 is 0 Å². The minimum atomic E-state index is -3.64. The molecule has 3 rings (SSSR count). The SMILES string of the molecule is Cc1cc(C)c(C)c(S(=O)(=O)N2CCO[C@@H](c3ccc(F)cc3)C2)c1C. The molecule has 1 aliphatic rings. The monoisotopic (exact) mass is 377 g/mol. The van der Waals surface area contributed by atoms with Crippen molar-refractivity contribution in [1.82, 2.24) is 4.31 Å². The minimum absolute atomic E-state index is 0.222. The molecule has 2 aromatic rings. The molecule has 0 aliphatic carbocycles. The van der Waals surface area contributed by atoms with E-state index in [1.807, 2.05) is 33.8 Å². The molecule has 0 radical (unpaired) electrons. The number of rotatable bonds is 3. The van der Waals surface area contributed by atoms with Crippen LogP contribution in [0.2, 0.25) is 0 Å². The molecule has 140 valence electrons. The summed E-state index contributed by atoms with van der Waals surface area (Å²) in [7, 11) is -3.64. The number of hydrogen-bond donors (Lipinski definition) is 0. The van der Waals surface area contributed by atoms with E-state index in [1.165, 1.54) is 16.4 Å². The van der Waals surface area contributed by atoms with Crippen LogP contribution in [-0.2, 0) is 14.8 Å². The normalized spacial score (nSPS) is 18.9. The number of halogens is 1. The molecule has 0 bridgehead atoms. The number of nitrogens with zero attached hydrogens (tertiary/aromatic N) is 1. The van der Waals surface area contributed by atoms with Crippen molar-refractivity contribution in [2.45, 2.75) is 38.7 Å². The van der Waals surface area contributed by atoms with Crippen molar-refractivity contribution in [1.29, 1.82) is 0 Å². The zero-order valence-corrected chi connectivity index (χ0v) is 16.4. The van der Waals surface area contributed by atoms with E-state index in [0.717, 1.165) is 27.8 Å². The molecule has 26 heavy (non-hydrogen) atoms. The van der Waals surface area contributed by atoms with E-state index in [9.17, 15) is 12.8 Å². The van der Waals surface area contributed by atoms with E-state index in [4.69, 9.17) is 4.74 Å². The highest BCUT2D eigenvalue weighted by Crippen LogP contribution is 2.32. The Balaban J connectivity index is 1.96. The lowest BCUT2D eigenvalue weighted by Crippen LogP contribution is -2.42. The van der Waals surface area contributed by atoms with Gasteiger partial charge in [0.25, 0.3) is 0 Å². The fourth-order valence-electron chi connectivity index (χ4n) is 3.42. The molecule has 0 spiro atoms. The topological polar surface area (TPSA) is 46.6 Å². The van der Waals surface area contributed by atoms with E-state index in [-0.39, 0.29) is 12.4 Å². The minimum Gasteiger partial charge on any atom is -0.371 e. The summed E-state index contributed by atoms with van der Waals surface area (Å²) in [6.45, 7) is 8.41. The molecular formula is C20H24FNO3S. The van der Waals surface area contributed by atoms with Gasteiger partial charge in [0.2, 0.25) is 10.0 Å². The van der Waals surface area contributed by atoms with Crippen LogP contribution in [0.15, 0.2) is 35.2 Å². The zero-order valence-electron chi connectivity index (χ0n) is 15.5. The summed E-state index contributed by atoms with van der Waals surface area (Å²) in [6, 6.07) is 8.03. The number of sulfonamides is 1. The van der Waals surface area contributed by atoms with Gasteiger partial charge in [0.05, 0.1) is 17.6 Å². The Bertz CT molecular complexity index is 897. The molecule has 2 aromatic carbocycles. The third-order valence-corrected chi connectivity index (χ3v) is 7.31. The summed E-state index contributed by atoms with van der Waals surface area (Å²) in [5.41, 5.74) is 4.29. The maximum absolute atomic E-state index is 13.4. The summed E-state index contributed by atoms with van der Waals surface area (Å²) in [5.74, 6) is -0.324. The van der Waals surface area contributed by atoms with Crippen LogP contribution in [-0.4, -0.2) is 32.4 Å². The van der Waals surface area contributed by atoms with Crippen molar-refractivity contribution in [2.75, 3.05) is 19.7 Å². The molecule has 0 saturated carbocycles. The predicted octanol–water partition coefficient (Wildman–Crippen LogP) is 3.82. The van der Waals surface area contributed by atoms with Crippen LogP contribution in [0.5, 0.6) is 0 Å². The average Bonchev–Trinajstić information content (AvgIpc) is 2.61. The molecule has 0 N–H and O–H groups in total. The molecule has 1 atom stereocenters. The van der Waals surface area contributed by atoms with Crippen molar-refractivity contribution in [3.63, 3.8) is 0 Å². The Labute approximate surface area is 154 Å². The van der Waals surface area contributed by atoms with Gasteiger partial charge in [-0.3, -0.25) is 0 Å². The van der Waals surface area contributed by atoms with Gasteiger partial charge in [-0.1, -0.05) is 18.2 Å². The average molecular weight is 377 g/mol. The van der Waals surface area contributed by atoms with Crippen LogP contribution in [0, 0.1) is 33.5 Å². The predicted molar refractivity (Wildman–Crippen MR) is 99.2 cm³/mol. The molecule has 0 unspecified atom stereocenters. The van der Waals surface area contributed by atoms with Crippen molar-refractivity contribution < 1.29 is 17.5 Å². The van der Waals surface area contributed by atoms with Crippen LogP contribution in [0.1, 0.15) is 33.9 Å². The molecule has 4 nitrogen and oxygen atoms in total. The van der Waals surface area contributed by atoms with E-state index in [2.05, 4.69) is 0 Å². The summed E-state index contributed by atoms with van der Waals surface area (Å²) in [4.78, 5) is 0.398. The number of benzene rings is 2. The smallest absolute Gasteiger partial charge is 0.243 e. The highest BCUT2D eigenvalue weighted by atomic mass is 32.2. The zero-order chi connectivity index (χ0) is 19.1. The Kier molecular flexibility index (Phi) is 5.19. The Morgan fingerprint density at radius 1 is 1.04 bits per heavy atom. The third kappa shape index (κ3) is 3.41. The first kappa shape index (κ1) is 19.0. The molecule has 0 aromatic heterocycles. The van der Waals surface area contributed by atoms with Gasteiger partial charge >= 0.3 is 0 Å². The van der Waals surface area contributed by atoms with Gasteiger partial charge < -0.3 is 4.74 Å². The molecule has 0 amide bonds. The Morgan fingerprint density at radius 2 is 1.62 bits per heavy atom. The number of aryl methyl sites for hydroxylation is 2. The molecule has 1 heterocycles. The first-order valence-electron chi connectivity index (χ1n) is 8.66. The fraction of sp³-hybridized carbons (Fsp3) is 0.400. The number of hydrogen-bond acceptors (Lipinski definition) is 3. The third-order valence-electron chi connectivity index (χ3n) is 5.17. The molecule has 1 aliphatic heterocycles. The molecular weight excluding hydrogens is 353 g/mol. The lowest BCUT2D eigenvalue weighted by atomic mass is 10.0. The quantitative estimate of drug-likeness (QED) is 0.817. The van der Waals surface area contributed by atoms with Crippen LogP contribution < -0.4 is 0 Å². The van der Waals surface area contributed by atoms with Crippen LogP contribution in [0.4, 0.5) is 4.39 Å². The molecule has 1 fully saturated rings. The lowest BCUT2D eigenvalue weighted by molar-refractivity contribution is -0.00260. The van der Waals surface area contributed by atoms with Crippen molar-refractivity contribution in [3.8, 4) is 0 Å². The first-order valence-corrected chi connectivity index (χ1v) is 10.1. The summed E-state index contributed by atoms with van der Waals surface area (Å²) in [5, 5.41) is 0. The van der Waals surface area contributed by atoms with E-state index < -0.39 is 16.1 Å². The maximum Gasteiger partial charge on any atom is 0.243 e. The number of morpholine rings is 1. The Hall–Kier alpha value is -1.76. The summed E-state index contributed by atoms with van der Waals surface area (Å²) in [6.07, 6.45) is -0.398. The highest BCUT2D eigenvalue weighted by molar-refractivity contribution is 7.89. The van der Waals surface area contributed by atoms with Gasteiger partial charge in [-0.15, -0.1) is 0 Å². The van der Waals surface area contributed by atoms with Gasteiger partial charge in [-0.2, -0.15) is 4.31 Å². The number of ether oxygens (including phenoxy) is 1. The largest absolute Gasteiger partial charge is 0.371 e. The van der Waals surface area contributed by atoms with Crippen molar-refractivity contribution in [2.24, 2.45) is 0 Å². The standard InChI is InChI=1S/C20H24FNO3S/c1-13-11-14(2)16(4)20(15(13)3)26(23,24)22-9-10-25-19(12-22)17-5-7-18(21)8-6-17/h5-8,11,19H,9-10,12H2,1-4H3/t19-/m1/s1. The fourth-order valence-corrected chi connectivity index (χ4v) is 5.42. The van der Waals surface area contributed by atoms with Gasteiger partial charge in [0.1, 0.15) is 5.82 Å². The first-order chi connectivity index (χ1) is 12.2. The summed E-state index contributed by atoms with van der Waals surface area (Å²) < 4.78 is 47.1. The van der Waals surface area contributed by atoms with Gasteiger partial charge in [-0.05, 0) is 67.6 Å². The van der Waals surface area contributed by atoms with Gasteiger partial charge in [0.15, 0.2) is 0 Å². The second kappa shape index (κ2) is 7.10. The Morgan fingerprint density at radius 3 is 2.19 bits per heavy atom. The second-order valence-corrected chi connectivity index (χ2v) is 8.74. The van der Waals surface area contributed by atoms with E-state index in [1.54, 1.807) is 12.1 Å². The van der Waals surface area contributed by atoms with Gasteiger partial charge in [-0.25, -0.2) is 12.8 Å². The molecule has 6 heteroatoms. The highest BCUT2D eigenvalue weighted by Gasteiger charge is 2.34.